The SMILES string of the molecule is CCC(C)n1c(C(C)(C)C)ccc(-c2nnc(N)s2)c1=O. The number of aromatic nitrogens is 3. The lowest BCUT2D eigenvalue weighted by atomic mass is 9.90. The van der Waals surface area contributed by atoms with E-state index in [0.717, 1.165) is 12.1 Å². The normalized spacial score (nSPS) is 13.4. The van der Waals surface area contributed by atoms with Gasteiger partial charge in [-0.25, -0.2) is 0 Å². The van der Waals surface area contributed by atoms with Crippen molar-refractivity contribution in [3.8, 4) is 10.6 Å². The molecule has 0 aliphatic rings. The van der Waals surface area contributed by atoms with Crippen molar-refractivity contribution in [1.82, 2.24) is 14.8 Å². The van der Waals surface area contributed by atoms with Crippen LogP contribution in [-0.2, 0) is 5.41 Å². The molecule has 0 saturated heterocycles. The monoisotopic (exact) mass is 306 g/mol. The topological polar surface area (TPSA) is 73.8 Å². The molecule has 0 saturated carbocycles. The van der Waals surface area contributed by atoms with Gasteiger partial charge in [-0.05, 0) is 25.5 Å². The van der Waals surface area contributed by atoms with Gasteiger partial charge < -0.3 is 10.3 Å². The van der Waals surface area contributed by atoms with Crippen LogP contribution >= 0.6 is 11.3 Å². The fraction of sp³-hybridized carbons (Fsp3) is 0.533. The highest BCUT2D eigenvalue weighted by Gasteiger charge is 2.23. The standard InChI is InChI=1S/C15H22N4OS/c1-6-9(2)19-11(15(3,4)5)8-7-10(13(19)20)12-17-18-14(16)21-12/h7-9H,6H2,1-5H3,(H2,16,18). The first-order valence-corrected chi connectivity index (χ1v) is 7.92. The van der Waals surface area contributed by atoms with Gasteiger partial charge in [0.2, 0.25) is 5.13 Å². The highest BCUT2D eigenvalue weighted by atomic mass is 32.1. The van der Waals surface area contributed by atoms with E-state index in [2.05, 4.69) is 44.8 Å². The third-order valence-electron chi connectivity index (χ3n) is 3.59. The molecule has 2 aromatic heterocycles. The Morgan fingerprint density at radius 3 is 2.48 bits per heavy atom. The minimum absolute atomic E-state index is 0.0204. The van der Waals surface area contributed by atoms with Crippen molar-refractivity contribution in [1.29, 1.82) is 0 Å². The maximum absolute atomic E-state index is 12.9. The summed E-state index contributed by atoms with van der Waals surface area (Å²) < 4.78 is 1.88. The molecule has 1 atom stereocenters. The van der Waals surface area contributed by atoms with Crippen LogP contribution in [0.15, 0.2) is 16.9 Å². The number of pyridine rings is 1. The summed E-state index contributed by atoms with van der Waals surface area (Å²) in [7, 11) is 0. The van der Waals surface area contributed by atoms with Gasteiger partial charge in [-0.2, -0.15) is 0 Å². The van der Waals surface area contributed by atoms with Gasteiger partial charge in [-0.3, -0.25) is 4.79 Å². The van der Waals surface area contributed by atoms with Crippen molar-refractivity contribution in [3.05, 3.63) is 28.2 Å². The van der Waals surface area contributed by atoms with E-state index >= 15 is 0 Å². The van der Waals surface area contributed by atoms with E-state index in [1.165, 1.54) is 11.3 Å². The Bertz CT molecular complexity index is 696. The fourth-order valence-electron chi connectivity index (χ4n) is 2.29. The Labute approximate surface area is 128 Å². The summed E-state index contributed by atoms with van der Waals surface area (Å²) >= 11 is 1.24. The van der Waals surface area contributed by atoms with Crippen LogP contribution in [0.25, 0.3) is 10.6 Å². The van der Waals surface area contributed by atoms with Crippen LogP contribution in [0.3, 0.4) is 0 Å². The van der Waals surface area contributed by atoms with Gasteiger partial charge in [0.15, 0.2) is 5.01 Å². The molecule has 0 amide bonds. The second kappa shape index (κ2) is 5.60. The van der Waals surface area contributed by atoms with Crippen LogP contribution in [0.2, 0.25) is 0 Å². The van der Waals surface area contributed by atoms with E-state index in [4.69, 9.17) is 5.73 Å². The van der Waals surface area contributed by atoms with E-state index < -0.39 is 0 Å². The van der Waals surface area contributed by atoms with E-state index in [-0.39, 0.29) is 17.0 Å². The highest BCUT2D eigenvalue weighted by molar-refractivity contribution is 7.18. The lowest BCUT2D eigenvalue weighted by molar-refractivity contribution is 0.439. The minimum atomic E-state index is -0.0960. The summed E-state index contributed by atoms with van der Waals surface area (Å²) in [6.45, 7) is 10.5. The maximum atomic E-state index is 12.9. The van der Waals surface area contributed by atoms with Crippen molar-refractivity contribution in [3.63, 3.8) is 0 Å². The fourth-order valence-corrected chi connectivity index (χ4v) is 2.92. The van der Waals surface area contributed by atoms with Crippen molar-refractivity contribution in [2.75, 3.05) is 5.73 Å². The summed E-state index contributed by atoms with van der Waals surface area (Å²) in [6.07, 6.45) is 0.894. The molecular weight excluding hydrogens is 284 g/mol. The lowest BCUT2D eigenvalue weighted by Gasteiger charge is -2.27. The van der Waals surface area contributed by atoms with Gasteiger partial charge in [0, 0.05) is 17.2 Å². The highest BCUT2D eigenvalue weighted by Crippen LogP contribution is 2.28. The zero-order chi connectivity index (χ0) is 15.8. The zero-order valence-corrected chi connectivity index (χ0v) is 14.0. The van der Waals surface area contributed by atoms with Crippen LogP contribution in [0, 0.1) is 0 Å². The molecule has 6 heteroatoms. The van der Waals surface area contributed by atoms with Crippen LogP contribution in [0.4, 0.5) is 5.13 Å². The average Bonchev–Trinajstić information content (AvgIpc) is 2.82. The molecular formula is C15H22N4OS. The number of nitrogens with zero attached hydrogens (tertiary/aromatic N) is 3. The largest absolute Gasteiger partial charge is 0.374 e. The van der Waals surface area contributed by atoms with Crippen LogP contribution in [-0.4, -0.2) is 14.8 Å². The molecule has 0 aromatic carbocycles. The van der Waals surface area contributed by atoms with Crippen molar-refractivity contribution in [2.45, 2.75) is 52.5 Å². The smallest absolute Gasteiger partial charge is 0.261 e. The molecule has 21 heavy (non-hydrogen) atoms. The predicted octanol–water partition coefficient (Wildman–Crippen LogP) is 3.22. The van der Waals surface area contributed by atoms with Crippen molar-refractivity contribution < 1.29 is 0 Å². The first-order valence-electron chi connectivity index (χ1n) is 7.11. The van der Waals surface area contributed by atoms with Gasteiger partial charge in [-0.15, -0.1) is 10.2 Å². The maximum Gasteiger partial charge on any atom is 0.261 e. The van der Waals surface area contributed by atoms with Crippen molar-refractivity contribution >= 4 is 16.5 Å². The van der Waals surface area contributed by atoms with Gasteiger partial charge >= 0.3 is 0 Å². The average molecular weight is 306 g/mol. The second-order valence-electron chi connectivity index (χ2n) is 6.26. The summed E-state index contributed by atoms with van der Waals surface area (Å²) in [5.41, 5.74) is 7.11. The molecule has 1 unspecified atom stereocenters. The molecule has 0 fully saturated rings. The first kappa shape index (κ1) is 15.7. The van der Waals surface area contributed by atoms with Gasteiger partial charge in [0.25, 0.3) is 5.56 Å². The molecule has 2 heterocycles. The summed E-state index contributed by atoms with van der Waals surface area (Å²) in [5, 5.41) is 8.75. The Morgan fingerprint density at radius 2 is 2.00 bits per heavy atom. The van der Waals surface area contributed by atoms with E-state index in [1.54, 1.807) is 0 Å². The Kier molecular flexibility index (Phi) is 4.18. The number of anilines is 1. The zero-order valence-electron chi connectivity index (χ0n) is 13.2. The van der Waals surface area contributed by atoms with Crippen LogP contribution < -0.4 is 11.3 Å². The number of hydrogen-bond acceptors (Lipinski definition) is 5. The molecule has 0 radical (unpaired) electrons. The molecule has 2 N–H and O–H groups in total. The number of nitrogens with two attached hydrogens (primary N) is 1. The number of rotatable bonds is 3. The lowest BCUT2D eigenvalue weighted by Crippen LogP contribution is -2.32. The summed E-state index contributed by atoms with van der Waals surface area (Å²) in [4.78, 5) is 12.9. The van der Waals surface area contributed by atoms with E-state index in [0.29, 0.717) is 15.7 Å². The van der Waals surface area contributed by atoms with Crippen molar-refractivity contribution in [2.24, 2.45) is 0 Å². The van der Waals surface area contributed by atoms with E-state index in [1.807, 2.05) is 16.7 Å². The molecule has 114 valence electrons. The molecule has 0 spiro atoms. The third-order valence-corrected chi connectivity index (χ3v) is 4.37. The third kappa shape index (κ3) is 3.00. The molecule has 2 aromatic rings. The molecule has 0 aliphatic carbocycles. The summed E-state index contributed by atoms with van der Waals surface area (Å²) in [6, 6.07) is 3.99. The Morgan fingerprint density at radius 1 is 1.33 bits per heavy atom. The van der Waals surface area contributed by atoms with E-state index in [9.17, 15) is 4.79 Å². The molecule has 0 aliphatic heterocycles. The van der Waals surface area contributed by atoms with Crippen LogP contribution in [0.5, 0.6) is 0 Å². The minimum Gasteiger partial charge on any atom is -0.374 e. The Balaban J connectivity index is 2.71. The molecule has 0 bridgehead atoms. The number of hydrogen-bond donors (Lipinski definition) is 1. The number of nitrogen functional groups attached to an aromatic ring is 1. The predicted molar refractivity (Wildman–Crippen MR) is 87.7 cm³/mol. The molecule has 2 rings (SSSR count). The quantitative estimate of drug-likeness (QED) is 0.945. The van der Waals surface area contributed by atoms with Gasteiger partial charge in [-0.1, -0.05) is 39.0 Å². The molecule has 5 nitrogen and oxygen atoms in total. The van der Waals surface area contributed by atoms with Crippen LogP contribution in [0.1, 0.15) is 52.8 Å². The van der Waals surface area contributed by atoms with Gasteiger partial charge in [0.05, 0.1) is 5.56 Å². The van der Waals surface area contributed by atoms with Gasteiger partial charge in [0.1, 0.15) is 0 Å². The first-order chi connectivity index (χ1) is 9.75. The summed E-state index contributed by atoms with van der Waals surface area (Å²) in [5.74, 6) is 0. The second-order valence-corrected chi connectivity index (χ2v) is 7.27. The Hall–Kier alpha value is -1.69.